The first-order chi connectivity index (χ1) is 6.21. The van der Waals surface area contributed by atoms with Gasteiger partial charge in [-0.2, -0.15) is 0 Å². The van der Waals surface area contributed by atoms with Crippen LogP contribution in [0.1, 0.15) is 39.0 Å². The molecule has 0 aliphatic heterocycles. The summed E-state index contributed by atoms with van der Waals surface area (Å²) in [5.74, 6) is 3.18. The molecule has 0 heterocycles. The Labute approximate surface area is 94.5 Å². The molecule has 4 aliphatic rings. The molecular weight excluding hydrogens is 273 g/mol. The molecule has 74 valence electrons. The van der Waals surface area contributed by atoms with Crippen LogP contribution in [0.5, 0.6) is 0 Å². The van der Waals surface area contributed by atoms with E-state index in [9.17, 15) is 0 Å². The highest BCUT2D eigenvalue weighted by molar-refractivity contribution is 14.1. The molecule has 4 rings (SSSR count). The molecule has 1 N–H and O–H groups in total. The van der Waals surface area contributed by atoms with Gasteiger partial charge in [0.25, 0.3) is 0 Å². The van der Waals surface area contributed by atoms with Gasteiger partial charge >= 0.3 is 0 Å². The van der Waals surface area contributed by atoms with E-state index in [0.29, 0.717) is 5.41 Å². The minimum absolute atomic E-state index is 0.649. The second-order valence-corrected chi connectivity index (χ2v) is 6.47. The molecule has 0 amide bonds. The Morgan fingerprint density at radius 1 is 1.15 bits per heavy atom. The molecule has 4 aliphatic carbocycles. The second-order valence-electron chi connectivity index (χ2n) is 5.85. The Hall–Kier alpha value is 0.690. The summed E-state index contributed by atoms with van der Waals surface area (Å²) in [7, 11) is 0. The van der Waals surface area contributed by atoms with Crippen molar-refractivity contribution in [3.63, 3.8) is 0 Å². The van der Waals surface area contributed by atoms with E-state index in [1.807, 2.05) is 0 Å². The predicted molar refractivity (Wildman–Crippen MR) is 62.6 cm³/mol. The fraction of sp³-hybridized carbons (Fsp3) is 1.00. The third-order valence-corrected chi connectivity index (χ3v) is 5.46. The van der Waals surface area contributed by atoms with Crippen molar-refractivity contribution in [2.45, 2.75) is 45.1 Å². The Bertz CT molecular complexity index is 214. The third kappa shape index (κ3) is 1.21. The first kappa shape index (κ1) is 8.96. The summed E-state index contributed by atoms with van der Waals surface area (Å²) < 4.78 is 3.56. The maximum absolute atomic E-state index is 3.56. The Morgan fingerprint density at radius 2 is 1.77 bits per heavy atom. The second kappa shape index (κ2) is 2.84. The van der Waals surface area contributed by atoms with Crippen molar-refractivity contribution in [3.8, 4) is 0 Å². The van der Waals surface area contributed by atoms with Gasteiger partial charge in [0.15, 0.2) is 0 Å². The molecule has 4 saturated carbocycles. The zero-order valence-electron chi connectivity index (χ0n) is 8.22. The fourth-order valence-corrected chi connectivity index (χ4v) is 5.93. The average Bonchev–Trinajstić information content (AvgIpc) is 2.00. The molecule has 0 aromatic rings. The lowest BCUT2D eigenvalue weighted by molar-refractivity contribution is -0.0640. The van der Waals surface area contributed by atoms with Crippen molar-refractivity contribution in [3.05, 3.63) is 0 Å². The van der Waals surface area contributed by atoms with Crippen LogP contribution in [0.2, 0.25) is 0 Å². The first-order valence-electron chi connectivity index (χ1n) is 5.57. The minimum Gasteiger partial charge on any atom is -0.257 e. The molecule has 0 aromatic heterocycles. The van der Waals surface area contributed by atoms with Crippen LogP contribution in [0, 0.1) is 23.2 Å². The quantitative estimate of drug-likeness (QED) is 0.578. The monoisotopic (exact) mass is 291 g/mol. The molecule has 4 unspecified atom stereocenters. The van der Waals surface area contributed by atoms with Crippen molar-refractivity contribution in [2.75, 3.05) is 0 Å². The zero-order chi connectivity index (χ0) is 9.05. The molecule has 5 atom stereocenters. The van der Waals surface area contributed by atoms with Gasteiger partial charge in [-0.15, -0.1) is 0 Å². The van der Waals surface area contributed by atoms with Gasteiger partial charge in [0.1, 0.15) is 0 Å². The first-order valence-corrected chi connectivity index (χ1v) is 6.65. The number of nitrogens with one attached hydrogen (secondary N) is 1. The molecule has 1 nitrogen and oxygen atoms in total. The third-order valence-electron chi connectivity index (χ3n) is 4.79. The highest BCUT2D eigenvalue weighted by Crippen LogP contribution is 2.59. The molecule has 2 heteroatoms. The van der Waals surface area contributed by atoms with Crippen molar-refractivity contribution in [2.24, 2.45) is 23.2 Å². The van der Waals surface area contributed by atoms with Crippen LogP contribution >= 0.6 is 22.9 Å². The minimum atomic E-state index is 0.649. The summed E-state index contributed by atoms with van der Waals surface area (Å²) in [4.78, 5) is 0. The van der Waals surface area contributed by atoms with Gasteiger partial charge < -0.3 is 0 Å². The summed E-state index contributed by atoms with van der Waals surface area (Å²) in [5, 5.41) is 0. The van der Waals surface area contributed by atoms with Crippen LogP contribution in [-0.2, 0) is 0 Å². The number of rotatable bonds is 1. The molecule has 0 spiro atoms. The van der Waals surface area contributed by atoms with Crippen molar-refractivity contribution in [1.82, 2.24) is 3.53 Å². The molecule has 0 saturated heterocycles. The van der Waals surface area contributed by atoms with E-state index in [1.54, 1.807) is 6.42 Å². The van der Waals surface area contributed by atoms with Crippen LogP contribution in [0.25, 0.3) is 0 Å². The van der Waals surface area contributed by atoms with Gasteiger partial charge in [0, 0.05) is 28.9 Å². The van der Waals surface area contributed by atoms with E-state index in [-0.39, 0.29) is 0 Å². The molecule has 13 heavy (non-hydrogen) atoms. The number of hydrogen-bond acceptors (Lipinski definition) is 1. The molecule has 0 radical (unpaired) electrons. The molecule has 4 fully saturated rings. The maximum Gasteiger partial charge on any atom is 0.0245 e. The topological polar surface area (TPSA) is 12.0 Å². The SMILES string of the molecule is CC12CC3CC(C[C@H](C3)C1)C2NI. The smallest absolute Gasteiger partial charge is 0.0245 e. The van der Waals surface area contributed by atoms with E-state index < -0.39 is 0 Å². The van der Waals surface area contributed by atoms with Gasteiger partial charge in [-0.25, -0.2) is 0 Å². The van der Waals surface area contributed by atoms with Crippen molar-refractivity contribution < 1.29 is 0 Å². The Morgan fingerprint density at radius 3 is 2.23 bits per heavy atom. The van der Waals surface area contributed by atoms with Crippen LogP contribution < -0.4 is 3.53 Å². The lowest BCUT2D eigenvalue weighted by Crippen LogP contribution is -2.58. The fourth-order valence-electron chi connectivity index (χ4n) is 4.67. The van der Waals surface area contributed by atoms with E-state index in [0.717, 1.165) is 23.8 Å². The van der Waals surface area contributed by atoms with Crippen molar-refractivity contribution in [1.29, 1.82) is 0 Å². The maximum atomic E-state index is 3.56. The largest absolute Gasteiger partial charge is 0.257 e. The Kier molecular flexibility index (Phi) is 1.96. The molecule has 4 bridgehead atoms. The summed E-state index contributed by atoms with van der Waals surface area (Å²) in [6.45, 7) is 2.52. The van der Waals surface area contributed by atoms with E-state index in [4.69, 9.17) is 0 Å². The summed E-state index contributed by atoms with van der Waals surface area (Å²) in [6, 6.07) is 0.820. The summed E-state index contributed by atoms with van der Waals surface area (Å²) in [5.41, 5.74) is 0.649. The van der Waals surface area contributed by atoms with Crippen LogP contribution in [0.15, 0.2) is 0 Å². The van der Waals surface area contributed by atoms with Crippen LogP contribution in [-0.4, -0.2) is 6.04 Å². The van der Waals surface area contributed by atoms with Gasteiger partial charge in [-0.1, -0.05) is 6.92 Å². The number of hydrogen-bond donors (Lipinski definition) is 1. The highest BCUT2D eigenvalue weighted by Gasteiger charge is 2.54. The summed E-state index contributed by atoms with van der Waals surface area (Å²) in [6.07, 6.45) is 7.60. The van der Waals surface area contributed by atoms with Gasteiger partial charge in [-0.3, -0.25) is 3.53 Å². The lowest BCUT2D eigenvalue weighted by atomic mass is 9.48. The van der Waals surface area contributed by atoms with Crippen molar-refractivity contribution >= 4 is 22.9 Å². The van der Waals surface area contributed by atoms with E-state index >= 15 is 0 Å². The van der Waals surface area contributed by atoms with Crippen LogP contribution in [0.4, 0.5) is 0 Å². The van der Waals surface area contributed by atoms with E-state index in [2.05, 4.69) is 33.3 Å². The predicted octanol–water partition coefficient (Wildman–Crippen LogP) is 3.14. The Balaban J connectivity index is 1.93. The van der Waals surface area contributed by atoms with E-state index in [1.165, 1.54) is 25.7 Å². The van der Waals surface area contributed by atoms with Gasteiger partial charge in [0.2, 0.25) is 0 Å². The summed E-state index contributed by atoms with van der Waals surface area (Å²) >= 11 is 2.38. The highest BCUT2D eigenvalue weighted by atomic mass is 127. The lowest BCUT2D eigenvalue weighted by Gasteiger charge is -2.59. The zero-order valence-corrected chi connectivity index (χ0v) is 10.4. The molecular formula is C11H18IN. The normalized spacial score (nSPS) is 58.6. The van der Waals surface area contributed by atoms with Gasteiger partial charge in [0.05, 0.1) is 0 Å². The van der Waals surface area contributed by atoms with Gasteiger partial charge in [-0.05, 0) is 55.3 Å². The average molecular weight is 291 g/mol. The number of halogens is 1. The molecule has 0 aromatic carbocycles. The standard InChI is InChI=1S/C11H18IN/c1-11-5-7-2-8(6-11)4-9(3-7)10(11)13-12/h7-10,13H,2-6H2,1H3/t7-,8?,9?,10?,11?/m0/s1. The van der Waals surface area contributed by atoms with Crippen LogP contribution in [0.3, 0.4) is 0 Å².